The van der Waals surface area contributed by atoms with E-state index < -0.39 is 0 Å². The minimum absolute atomic E-state index is 0.491. The first kappa shape index (κ1) is 8.38. The fourth-order valence-corrected chi connectivity index (χ4v) is 1.36. The van der Waals surface area contributed by atoms with E-state index in [-0.39, 0.29) is 0 Å². The standard InChI is InChI=1S/C9H9ClN2O/c1-11-9-5-13-8-3-2-6(10)4-7(8)12-9/h2-4H,5H2,1H3,(H,11,12). The number of ether oxygens (including phenoxy) is 1. The van der Waals surface area contributed by atoms with Crippen molar-refractivity contribution in [3.05, 3.63) is 23.2 Å². The summed E-state index contributed by atoms with van der Waals surface area (Å²) in [5.74, 6) is 1.63. The van der Waals surface area contributed by atoms with E-state index in [0.717, 1.165) is 17.3 Å². The zero-order valence-electron chi connectivity index (χ0n) is 7.17. The Labute approximate surface area is 81.4 Å². The van der Waals surface area contributed by atoms with E-state index in [9.17, 15) is 0 Å². The first-order chi connectivity index (χ1) is 6.29. The van der Waals surface area contributed by atoms with Gasteiger partial charge in [0.05, 0.1) is 5.69 Å². The molecule has 3 nitrogen and oxygen atoms in total. The molecule has 1 aliphatic heterocycles. The molecule has 0 saturated heterocycles. The van der Waals surface area contributed by atoms with Crippen LogP contribution in [0.3, 0.4) is 0 Å². The molecular weight excluding hydrogens is 188 g/mol. The fraction of sp³-hybridized carbons (Fsp3) is 0.222. The van der Waals surface area contributed by atoms with Crippen LogP contribution in [-0.2, 0) is 0 Å². The maximum absolute atomic E-state index is 5.83. The minimum atomic E-state index is 0.491. The van der Waals surface area contributed by atoms with Gasteiger partial charge in [-0.3, -0.25) is 4.99 Å². The van der Waals surface area contributed by atoms with Crippen molar-refractivity contribution in [2.75, 3.05) is 19.0 Å². The van der Waals surface area contributed by atoms with Crippen LogP contribution >= 0.6 is 11.6 Å². The first-order valence-electron chi connectivity index (χ1n) is 3.94. The first-order valence-corrected chi connectivity index (χ1v) is 4.32. The average Bonchev–Trinajstić information content (AvgIpc) is 2.16. The number of aliphatic imine (C=N–C) groups is 1. The average molecular weight is 197 g/mol. The van der Waals surface area contributed by atoms with Crippen molar-refractivity contribution in [1.82, 2.24) is 0 Å². The summed E-state index contributed by atoms with van der Waals surface area (Å²) >= 11 is 5.83. The fourth-order valence-electron chi connectivity index (χ4n) is 1.18. The predicted octanol–water partition coefficient (Wildman–Crippen LogP) is 2.17. The van der Waals surface area contributed by atoms with Gasteiger partial charge in [0.2, 0.25) is 0 Å². The molecule has 1 aromatic rings. The van der Waals surface area contributed by atoms with Crippen LogP contribution in [0.25, 0.3) is 0 Å². The van der Waals surface area contributed by atoms with E-state index in [4.69, 9.17) is 16.3 Å². The Morgan fingerprint density at radius 1 is 1.54 bits per heavy atom. The molecule has 0 spiro atoms. The summed E-state index contributed by atoms with van der Waals surface area (Å²) in [6, 6.07) is 5.47. The topological polar surface area (TPSA) is 33.6 Å². The highest BCUT2D eigenvalue weighted by Crippen LogP contribution is 2.30. The molecule has 1 heterocycles. The van der Waals surface area contributed by atoms with Gasteiger partial charge in [-0.15, -0.1) is 0 Å². The smallest absolute Gasteiger partial charge is 0.145 e. The molecule has 1 aliphatic rings. The summed E-state index contributed by atoms with van der Waals surface area (Å²) in [6.45, 7) is 0.491. The van der Waals surface area contributed by atoms with Crippen LogP contribution in [0.2, 0.25) is 5.02 Å². The Bertz CT molecular complexity index is 363. The molecule has 2 rings (SSSR count). The van der Waals surface area contributed by atoms with Crippen molar-refractivity contribution < 1.29 is 4.74 Å². The number of fused-ring (bicyclic) bond motifs is 1. The quantitative estimate of drug-likeness (QED) is 0.690. The minimum Gasteiger partial charge on any atom is -0.484 e. The van der Waals surface area contributed by atoms with Crippen molar-refractivity contribution in [2.45, 2.75) is 0 Å². The third-order valence-electron chi connectivity index (χ3n) is 1.85. The Hall–Kier alpha value is -1.22. The van der Waals surface area contributed by atoms with Crippen LogP contribution in [0.5, 0.6) is 5.75 Å². The Kier molecular flexibility index (Phi) is 2.10. The molecule has 0 atom stereocenters. The molecule has 0 aliphatic carbocycles. The maximum Gasteiger partial charge on any atom is 0.145 e. The zero-order chi connectivity index (χ0) is 9.26. The van der Waals surface area contributed by atoms with Crippen LogP contribution in [-0.4, -0.2) is 19.5 Å². The van der Waals surface area contributed by atoms with Gasteiger partial charge < -0.3 is 10.1 Å². The van der Waals surface area contributed by atoms with E-state index in [2.05, 4.69) is 10.3 Å². The lowest BCUT2D eigenvalue weighted by molar-refractivity contribution is 0.372. The summed E-state index contributed by atoms with van der Waals surface area (Å²) in [5.41, 5.74) is 0.874. The molecule has 0 amide bonds. The summed E-state index contributed by atoms with van der Waals surface area (Å²) in [4.78, 5) is 4.01. The third kappa shape index (κ3) is 1.60. The maximum atomic E-state index is 5.83. The number of halogens is 1. The van der Waals surface area contributed by atoms with Crippen molar-refractivity contribution in [3.63, 3.8) is 0 Å². The molecule has 13 heavy (non-hydrogen) atoms. The molecule has 1 aromatic carbocycles. The van der Waals surface area contributed by atoms with Crippen LogP contribution in [0.15, 0.2) is 23.2 Å². The van der Waals surface area contributed by atoms with Crippen LogP contribution in [0.1, 0.15) is 0 Å². The molecular formula is C9H9ClN2O. The summed E-state index contributed by atoms with van der Waals surface area (Å²) in [7, 11) is 1.72. The summed E-state index contributed by atoms with van der Waals surface area (Å²) in [6.07, 6.45) is 0. The second kappa shape index (κ2) is 3.26. The van der Waals surface area contributed by atoms with Gasteiger partial charge in [0, 0.05) is 12.1 Å². The van der Waals surface area contributed by atoms with E-state index in [0.29, 0.717) is 11.6 Å². The summed E-state index contributed by atoms with van der Waals surface area (Å²) < 4.78 is 5.43. The second-order valence-electron chi connectivity index (χ2n) is 2.72. The SMILES string of the molecule is CN=C1COc2ccc(Cl)cc2N1. The molecule has 0 saturated carbocycles. The number of nitrogens with one attached hydrogen (secondary N) is 1. The van der Waals surface area contributed by atoms with Crippen molar-refractivity contribution in [2.24, 2.45) is 4.99 Å². The van der Waals surface area contributed by atoms with Crippen molar-refractivity contribution in [3.8, 4) is 5.75 Å². The van der Waals surface area contributed by atoms with Gasteiger partial charge >= 0.3 is 0 Å². The van der Waals surface area contributed by atoms with E-state index in [1.165, 1.54) is 0 Å². The van der Waals surface area contributed by atoms with Gasteiger partial charge in [0.25, 0.3) is 0 Å². The van der Waals surface area contributed by atoms with Crippen LogP contribution in [0.4, 0.5) is 5.69 Å². The lowest BCUT2D eigenvalue weighted by Crippen LogP contribution is -2.25. The highest BCUT2D eigenvalue weighted by molar-refractivity contribution is 6.31. The van der Waals surface area contributed by atoms with Gasteiger partial charge in [0.1, 0.15) is 18.2 Å². The third-order valence-corrected chi connectivity index (χ3v) is 2.09. The predicted molar refractivity (Wildman–Crippen MR) is 53.9 cm³/mol. The molecule has 0 unspecified atom stereocenters. The number of hydrogen-bond acceptors (Lipinski definition) is 2. The highest BCUT2D eigenvalue weighted by Gasteiger charge is 2.13. The number of amidine groups is 1. The molecule has 0 bridgehead atoms. The van der Waals surface area contributed by atoms with Gasteiger partial charge in [-0.25, -0.2) is 0 Å². The van der Waals surface area contributed by atoms with Crippen LogP contribution < -0.4 is 10.1 Å². The van der Waals surface area contributed by atoms with Gasteiger partial charge in [-0.1, -0.05) is 11.6 Å². The van der Waals surface area contributed by atoms with Crippen LogP contribution in [0, 0.1) is 0 Å². The lowest BCUT2D eigenvalue weighted by atomic mass is 10.2. The van der Waals surface area contributed by atoms with E-state index >= 15 is 0 Å². The van der Waals surface area contributed by atoms with Gasteiger partial charge in [0.15, 0.2) is 0 Å². The lowest BCUT2D eigenvalue weighted by Gasteiger charge is -2.20. The molecule has 4 heteroatoms. The van der Waals surface area contributed by atoms with E-state index in [1.807, 2.05) is 12.1 Å². The Morgan fingerprint density at radius 3 is 3.15 bits per heavy atom. The second-order valence-corrected chi connectivity index (χ2v) is 3.16. The zero-order valence-corrected chi connectivity index (χ0v) is 7.93. The number of anilines is 1. The number of rotatable bonds is 0. The summed E-state index contributed by atoms with van der Waals surface area (Å²) in [5, 5.41) is 3.82. The van der Waals surface area contributed by atoms with Crippen molar-refractivity contribution in [1.29, 1.82) is 0 Å². The largest absolute Gasteiger partial charge is 0.484 e. The Balaban J connectivity index is 2.38. The molecule has 1 N–H and O–H groups in total. The molecule has 0 radical (unpaired) electrons. The monoisotopic (exact) mass is 196 g/mol. The molecule has 68 valence electrons. The van der Waals surface area contributed by atoms with Gasteiger partial charge in [-0.05, 0) is 18.2 Å². The number of benzene rings is 1. The normalized spacial score (nSPS) is 17.5. The molecule has 0 aromatic heterocycles. The number of nitrogens with zero attached hydrogens (tertiary/aromatic N) is 1. The van der Waals surface area contributed by atoms with Gasteiger partial charge in [-0.2, -0.15) is 0 Å². The van der Waals surface area contributed by atoms with Crippen molar-refractivity contribution >= 4 is 23.1 Å². The highest BCUT2D eigenvalue weighted by atomic mass is 35.5. The van der Waals surface area contributed by atoms with E-state index in [1.54, 1.807) is 13.1 Å². The molecule has 0 fully saturated rings. The Morgan fingerprint density at radius 2 is 2.38 bits per heavy atom. The number of hydrogen-bond donors (Lipinski definition) is 1.